The smallest absolute Gasteiger partial charge is 0.241 e. The summed E-state index contributed by atoms with van der Waals surface area (Å²) in [6.07, 6.45) is 0. The van der Waals surface area contributed by atoms with Gasteiger partial charge >= 0.3 is 0 Å². The van der Waals surface area contributed by atoms with Gasteiger partial charge in [-0.2, -0.15) is 4.72 Å². The number of nitrogens with one attached hydrogen (secondary N) is 2. The highest BCUT2D eigenvalue weighted by atomic mass is 35.5. The van der Waals surface area contributed by atoms with Gasteiger partial charge in [-0.1, -0.05) is 49.7 Å². The molecule has 0 heterocycles. The molecule has 8 nitrogen and oxygen atoms in total. The number of rotatable bonds is 9. The maximum atomic E-state index is 12.6. The molecule has 0 unspecified atom stereocenters. The Bertz CT molecular complexity index is 1080. The molecule has 1 atom stereocenters. The van der Waals surface area contributed by atoms with Crippen LogP contribution in [-0.4, -0.2) is 28.8 Å². The van der Waals surface area contributed by atoms with Gasteiger partial charge < -0.3 is 5.32 Å². The first-order valence-electron chi connectivity index (χ1n) is 9.01. The molecule has 0 radical (unpaired) electrons. The molecule has 0 saturated heterocycles. The summed E-state index contributed by atoms with van der Waals surface area (Å²) in [5.41, 5.74) is 1.26. The predicted molar refractivity (Wildman–Crippen MR) is 115 cm³/mol. The average Bonchev–Trinajstić information content (AvgIpc) is 2.64. The second-order valence-corrected chi connectivity index (χ2v) is 10.9. The lowest BCUT2D eigenvalue weighted by molar-refractivity contribution is -0.123. The van der Waals surface area contributed by atoms with E-state index in [2.05, 4.69) is 10.0 Å². The van der Waals surface area contributed by atoms with Crippen LogP contribution < -0.4 is 15.2 Å². The molecule has 11 heteroatoms. The summed E-state index contributed by atoms with van der Waals surface area (Å²) >= 11 is 5.79. The second kappa shape index (κ2) is 9.88. The average molecular weight is 474 g/mol. The van der Waals surface area contributed by atoms with E-state index in [1.54, 1.807) is 38.1 Å². The number of benzene rings is 2. The molecule has 0 aromatic heterocycles. The molecule has 0 aliphatic heterocycles. The van der Waals surface area contributed by atoms with Crippen molar-refractivity contribution in [1.82, 2.24) is 10.0 Å². The molecule has 2 rings (SSSR count). The topological polar surface area (TPSA) is 135 Å². The zero-order chi connectivity index (χ0) is 22.5. The molecule has 0 bridgehead atoms. The summed E-state index contributed by atoms with van der Waals surface area (Å²) in [5, 5.41) is 8.12. The highest BCUT2D eigenvalue weighted by Gasteiger charge is 2.28. The minimum absolute atomic E-state index is 0.01000. The van der Waals surface area contributed by atoms with E-state index in [-0.39, 0.29) is 23.1 Å². The summed E-state index contributed by atoms with van der Waals surface area (Å²) in [7, 11) is -7.53. The van der Waals surface area contributed by atoms with E-state index in [9.17, 15) is 21.6 Å². The lowest BCUT2D eigenvalue weighted by Crippen LogP contribution is -2.49. The lowest BCUT2D eigenvalue weighted by Gasteiger charge is -2.21. The van der Waals surface area contributed by atoms with Crippen molar-refractivity contribution in [3.8, 4) is 0 Å². The van der Waals surface area contributed by atoms with E-state index in [1.807, 2.05) is 0 Å². The van der Waals surface area contributed by atoms with Gasteiger partial charge in [0.25, 0.3) is 0 Å². The second-order valence-electron chi connectivity index (χ2n) is 7.14. The summed E-state index contributed by atoms with van der Waals surface area (Å²) in [4.78, 5) is 12.6. The van der Waals surface area contributed by atoms with E-state index < -0.39 is 32.0 Å². The van der Waals surface area contributed by atoms with Gasteiger partial charge in [0.05, 0.1) is 10.6 Å². The molecule has 4 N–H and O–H groups in total. The van der Waals surface area contributed by atoms with Crippen molar-refractivity contribution in [1.29, 1.82) is 0 Å². The molecular formula is C19H24ClN3O5S2. The van der Waals surface area contributed by atoms with Gasteiger partial charge in [-0.05, 0) is 41.3 Å². The molecular weight excluding hydrogens is 450 g/mol. The zero-order valence-electron chi connectivity index (χ0n) is 16.5. The Morgan fingerprint density at radius 1 is 0.967 bits per heavy atom. The molecule has 1 amide bonds. The van der Waals surface area contributed by atoms with Crippen LogP contribution in [0.4, 0.5) is 0 Å². The van der Waals surface area contributed by atoms with Crippen molar-refractivity contribution in [2.24, 2.45) is 11.1 Å². The van der Waals surface area contributed by atoms with Crippen LogP contribution in [0.15, 0.2) is 53.4 Å². The summed E-state index contributed by atoms with van der Waals surface area (Å²) in [6, 6.07) is 11.2. The number of nitrogens with two attached hydrogens (primary N) is 1. The van der Waals surface area contributed by atoms with E-state index in [0.29, 0.717) is 10.6 Å². The van der Waals surface area contributed by atoms with Crippen LogP contribution >= 0.6 is 11.6 Å². The number of carbonyl (C=O) groups excluding carboxylic acids is 1. The van der Waals surface area contributed by atoms with Gasteiger partial charge in [-0.3, -0.25) is 4.79 Å². The van der Waals surface area contributed by atoms with Gasteiger partial charge in [0.2, 0.25) is 26.0 Å². The fraction of sp³-hybridized carbons (Fsp3) is 0.316. The Kier molecular flexibility index (Phi) is 8.00. The summed E-state index contributed by atoms with van der Waals surface area (Å²) in [5.74, 6) is -1.05. The molecule has 2 aromatic rings. The number of primary sulfonamides is 1. The van der Waals surface area contributed by atoms with Crippen molar-refractivity contribution in [2.75, 3.05) is 0 Å². The Hall–Kier alpha value is -1.98. The van der Waals surface area contributed by atoms with Gasteiger partial charge in [0, 0.05) is 11.6 Å². The molecule has 30 heavy (non-hydrogen) atoms. The largest absolute Gasteiger partial charge is 0.351 e. The SMILES string of the molecule is CC(C)[C@@H](NS(=O)(=O)c1ccc(Cl)cc1)C(=O)NCc1ccc(CS(N)(=O)=O)cc1. The van der Waals surface area contributed by atoms with Crippen LogP contribution in [0.2, 0.25) is 5.02 Å². The molecule has 0 aliphatic carbocycles. The van der Waals surface area contributed by atoms with E-state index in [4.69, 9.17) is 16.7 Å². The van der Waals surface area contributed by atoms with E-state index in [0.717, 1.165) is 5.56 Å². The maximum Gasteiger partial charge on any atom is 0.241 e. The third kappa shape index (κ3) is 7.37. The third-order valence-electron chi connectivity index (χ3n) is 4.21. The fourth-order valence-corrected chi connectivity index (χ4v) is 4.75. The normalized spacial score (nSPS) is 13.2. The highest BCUT2D eigenvalue weighted by molar-refractivity contribution is 7.89. The summed E-state index contributed by atoms with van der Waals surface area (Å²) < 4.78 is 49.9. The van der Waals surface area contributed by atoms with Crippen LogP contribution in [0.1, 0.15) is 25.0 Å². The fourth-order valence-electron chi connectivity index (χ4n) is 2.63. The third-order valence-corrected chi connectivity index (χ3v) is 6.66. The van der Waals surface area contributed by atoms with Crippen molar-refractivity contribution < 1.29 is 21.6 Å². The molecule has 0 saturated carbocycles. The Morgan fingerprint density at radius 2 is 1.50 bits per heavy atom. The Balaban J connectivity index is 2.04. The number of sulfonamides is 2. The molecule has 2 aromatic carbocycles. The van der Waals surface area contributed by atoms with Gasteiger partial charge in [-0.25, -0.2) is 22.0 Å². The maximum absolute atomic E-state index is 12.6. The number of hydrogen-bond acceptors (Lipinski definition) is 5. The monoisotopic (exact) mass is 473 g/mol. The van der Waals surface area contributed by atoms with Crippen molar-refractivity contribution in [3.63, 3.8) is 0 Å². The zero-order valence-corrected chi connectivity index (χ0v) is 18.9. The first-order valence-corrected chi connectivity index (χ1v) is 12.6. The first-order chi connectivity index (χ1) is 13.9. The van der Waals surface area contributed by atoms with Crippen LogP contribution in [0.5, 0.6) is 0 Å². The van der Waals surface area contributed by atoms with Gasteiger partial charge in [0.1, 0.15) is 6.04 Å². The molecule has 164 valence electrons. The van der Waals surface area contributed by atoms with Crippen LogP contribution in [-0.2, 0) is 37.1 Å². The lowest BCUT2D eigenvalue weighted by atomic mass is 10.0. The standard InChI is InChI=1S/C19H24ClN3O5S2/c1-13(2)18(23-30(27,28)17-9-7-16(20)8-10-17)19(24)22-11-14-3-5-15(6-4-14)12-29(21,25)26/h3-10,13,18,23H,11-12H2,1-2H3,(H,22,24)(H2,21,25,26)/t18-/m1/s1. The minimum Gasteiger partial charge on any atom is -0.351 e. The first kappa shape index (κ1) is 24.3. The Labute approximate surface area is 181 Å². The molecule has 0 fully saturated rings. The van der Waals surface area contributed by atoms with Crippen LogP contribution in [0.3, 0.4) is 0 Å². The number of carbonyl (C=O) groups is 1. The van der Waals surface area contributed by atoms with Gasteiger partial charge in [0.15, 0.2) is 0 Å². The van der Waals surface area contributed by atoms with Gasteiger partial charge in [-0.15, -0.1) is 0 Å². The predicted octanol–water partition coefficient (Wildman–Crippen LogP) is 1.75. The summed E-state index contributed by atoms with van der Waals surface area (Å²) in [6.45, 7) is 3.62. The van der Waals surface area contributed by atoms with Crippen molar-refractivity contribution >= 4 is 37.6 Å². The van der Waals surface area contributed by atoms with E-state index in [1.165, 1.54) is 24.3 Å². The van der Waals surface area contributed by atoms with Crippen LogP contribution in [0.25, 0.3) is 0 Å². The Morgan fingerprint density at radius 3 is 2.00 bits per heavy atom. The number of halogens is 1. The van der Waals surface area contributed by atoms with Crippen molar-refractivity contribution in [2.45, 2.75) is 37.1 Å². The molecule has 0 spiro atoms. The number of hydrogen-bond donors (Lipinski definition) is 3. The van der Waals surface area contributed by atoms with E-state index >= 15 is 0 Å². The minimum atomic E-state index is -3.91. The quantitative estimate of drug-likeness (QED) is 0.509. The number of amides is 1. The van der Waals surface area contributed by atoms with Crippen molar-refractivity contribution in [3.05, 3.63) is 64.7 Å². The van der Waals surface area contributed by atoms with Crippen LogP contribution in [0, 0.1) is 5.92 Å². The molecule has 0 aliphatic rings. The highest BCUT2D eigenvalue weighted by Crippen LogP contribution is 2.16.